The van der Waals surface area contributed by atoms with Gasteiger partial charge in [0.1, 0.15) is 6.29 Å². The highest BCUT2D eigenvalue weighted by Crippen LogP contribution is 2.25. The summed E-state index contributed by atoms with van der Waals surface area (Å²) >= 11 is 0. The maximum Gasteiger partial charge on any atom is 0.242 e. The Balaban J connectivity index is -0.000000779. The van der Waals surface area contributed by atoms with Crippen molar-refractivity contribution in [3.63, 3.8) is 0 Å². The molecule has 0 aliphatic carbocycles. The second-order valence-corrected chi connectivity index (χ2v) is 15.0. The van der Waals surface area contributed by atoms with Crippen molar-refractivity contribution in [2.75, 3.05) is 62.0 Å². The molecule has 1 aromatic rings. The Morgan fingerprint density at radius 1 is 0.982 bits per heavy atom. The van der Waals surface area contributed by atoms with Crippen molar-refractivity contribution < 1.29 is 28.7 Å². The molecular weight excluding hydrogens is 709 g/mol. The summed E-state index contributed by atoms with van der Waals surface area (Å²) < 4.78 is 11.0. The number of carbonyl (C=O) groups is 4. The Kier molecular flexibility index (Phi) is 36.2. The van der Waals surface area contributed by atoms with Gasteiger partial charge in [-0.2, -0.15) is 0 Å². The van der Waals surface area contributed by atoms with E-state index >= 15 is 0 Å². The van der Waals surface area contributed by atoms with Crippen LogP contribution < -0.4 is 16.4 Å². The van der Waals surface area contributed by atoms with E-state index in [1.165, 1.54) is 19.1 Å². The fourth-order valence-corrected chi connectivity index (χ4v) is 6.34. The topological polar surface area (TPSA) is 147 Å². The summed E-state index contributed by atoms with van der Waals surface area (Å²) in [5, 5.41) is 5.45. The molecule has 0 radical (unpaired) electrons. The quantitative estimate of drug-likeness (QED) is 0.142. The van der Waals surface area contributed by atoms with Gasteiger partial charge in [0.2, 0.25) is 18.2 Å². The second-order valence-electron chi connectivity index (χ2n) is 15.0. The Morgan fingerprint density at radius 2 is 1.55 bits per heavy atom. The summed E-state index contributed by atoms with van der Waals surface area (Å²) in [6, 6.07) is 10.9. The molecule has 1 fully saturated rings. The number of hydrogen-bond acceptors (Lipinski definition) is 9. The van der Waals surface area contributed by atoms with E-state index in [-0.39, 0.29) is 60.9 Å². The molecule has 1 saturated heterocycles. The van der Waals surface area contributed by atoms with Crippen LogP contribution in [0, 0.1) is 17.8 Å². The maximum atomic E-state index is 12.7. The number of likely N-dealkylation sites (tertiary alicyclic amines) is 1. The van der Waals surface area contributed by atoms with Crippen LogP contribution in [0.1, 0.15) is 107 Å². The summed E-state index contributed by atoms with van der Waals surface area (Å²) in [5.41, 5.74) is 7.05. The highest BCUT2D eigenvalue weighted by Gasteiger charge is 2.36. The van der Waals surface area contributed by atoms with Crippen molar-refractivity contribution in [2.24, 2.45) is 23.5 Å². The molecule has 0 aromatic heterocycles. The smallest absolute Gasteiger partial charge is 0.242 e. The normalized spacial score (nSPS) is 17.2. The molecule has 4 N–H and O–H groups in total. The first-order valence-corrected chi connectivity index (χ1v) is 20.9. The molecule has 2 rings (SSSR count). The molecule has 0 saturated carbocycles. The van der Waals surface area contributed by atoms with Crippen LogP contribution in [-0.2, 0) is 35.1 Å². The Hall–Kier alpha value is -2.90. The molecule has 3 amide bonds. The van der Waals surface area contributed by atoms with Crippen LogP contribution in [0.3, 0.4) is 0 Å². The van der Waals surface area contributed by atoms with Gasteiger partial charge in [-0.05, 0) is 71.3 Å². The fourth-order valence-electron chi connectivity index (χ4n) is 6.34. The lowest BCUT2D eigenvalue weighted by atomic mass is 9.91. The number of rotatable bonds is 20. The summed E-state index contributed by atoms with van der Waals surface area (Å²) in [4.78, 5) is 51.7. The first-order valence-electron chi connectivity index (χ1n) is 20.9. The van der Waals surface area contributed by atoms with Gasteiger partial charge in [0.15, 0.2) is 0 Å². The van der Waals surface area contributed by atoms with E-state index in [0.29, 0.717) is 25.0 Å². The van der Waals surface area contributed by atoms with Gasteiger partial charge in [-0.25, -0.2) is 0 Å². The molecule has 12 heteroatoms. The number of likely N-dealkylation sites (N-methyl/N-ethyl adjacent to an activating group) is 2. The largest absolute Gasteiger partial charge is 0.379 e. The van der Waals surface area contributed by atoms with Crippen molar-refractivity contribution in [1.82, 2.24) is 25.3 Å². The maximum absolute atomic E-state index is 12.7. The standard InChI is InChI=1S/C19H31N3O2.C13H24N2O4.C7H17N.C3H8.C2H6/c1-14(18(24-3)17-10-7-11-22(17)2)19(23)21-16(13-20)12-15-8-5-4-6-9-15;1-5-10(2)13(11(19-4)6-7-16)15(3)12(18)8-14-9-17;1-6(2)7(3)8(4)5;1-3-2;1-2/h4-6,8-9,14,16-18H,7,10-13,20H2,1-3H3,(H,21,23);7,9-11,13H,5-6,8H2,1-4H3,(H,14,17);6-7H,1-5H3;3H2,1-2H3;1-2H3. The monoisotopic (exact) mass is 795 g/mol. The number of ether oxygens (including phenoxy) is 2. The molecular formula is C44H86N6O6. The van der Waals surface area contributed by atoms with E-state index in [0.717, 1.165) is 44.4 Å². The van der Waals surface area contributed by atoms with Crippen LogP contribution in [0.15, 0.2) is 30.3 Å². The van der Waals surface area contributed by atoms with Crippen LogP contribution in [0.2, 0.25) is 0 Å². The predicted molar refractivity (Wildman–Crippen MR) is 234 cm³/mol. The molecule has 1 heterocycles. The molecule has 8 atom stereocenters. The van der Waals surface area contributed by atoms with E-state index in [4.69, 9.17) is 15.2 Å². The van der Waals surface area contributed by atoms with E-state index in [2.05, 4.69) is 88.3 Å². The molecule has 56 heavy (non-hydrogen) atoms. The van der Waals surface area contributed by atoms with E-state index < -0.39 is 0 Å². The molecule has 328 valence electrons. The van der Waals surface area contributed by atoms with Gasteiger partial charge in [-0.3, -0.25) is 14.4 Å². The van der Waals surface area contributed by atoms with Crippen molar-refractivity contribution >= 4 is 24.5 Å². The average Bonchev–Trinajstić information content (AvgIpc) is 3.62. The fraction of sp³-hybridized carbons (Fsp3) is 0.773. The minimum atomic E-state index is -0.336. The number of benzene rings is 1. The average molecular weight is 795 g/mol. The van der Waals surface area contributed by atoms with Crippen LogP contribution in [0.5, 0.6) is 0 Å². The number of aldehydes is 1. The van der Waals surface area contributed by atoms with Crippen molar-refractivity contribution in [1.29, 1.82) is 0 Å². The van der Waals surface area contributed by atoms with Crippen molar-refractivity contribution in [3.05, 3.63) is 35.9 Å². The van der Waals surface area contributed by atoms with Gasteiger partial charge in [0.05, 0.1) is 30.7 Å². The van der Waals surface area contributed by atoms with Gasteiger partial charge in [-0.15, -0.1) is 0 Å². The molecule has 12 nitrogen and oxygen atoms in total. The second kappa shape index (κ2) is 35.3. The molecule has 1 aromatic carbocycles. The molecule has 1 aliphatic heterocycles. The molecule has 8 unspecified atom stereocenters. The number of amides is 3. The highest BCUT2D eigenvalue weighted by atomic mass is 16.5. The van der Waals surface area contributed by atoms with Gasteiger partial charge in [0, 0.05) is 52.4 Å². The number of methoxy groups -OCH3 is 2. The zero-order valence-corrected chi connectivity index (χ0v) is 38.5. The number of carbonyl (C=O) groups excluding carboxylic acids is 4. The highest BCUT2D eigenvalue weighted by molar-refractivity contribution is 5.80. The minimum absolute atomic E-state index is 0.0218. The summed E-state index contributed by atoms with van der Waals surface area (Å²) in [6.07, 6.45) is 6.20. The van der Waals surface area contributed by atoms with Crippen LogP contribution in [0.4, 0.5) is 0 Å². The number of hydrogen-bond donors (Lipinski definition) is 3. The Bertz CT molecular complexity index is 1100. The van der Waals surface area contributed by atoms with Crippen molar-refractivity contribution in [3.8, 4) is 0 Å². The van der Waals surface area contributed by atoms with Gasteiger partial charge >= 0.3 is 0 Å². The lowest BCUT2D eigenvalue weighted by Crippen LogP contribution is -2.51. The van der Waals surface area contributed by atoms with Gasteiger partial charge in [0.25, 0.3) is 0 Å². The molecule has 1 aliphatic rings. The van der Waals surface area contributed by atoms with Crippen LogP contribution >= 0.6 is 0 Å². The van der Waals surface area contributed by atoms with Crippen LogP contribution in [-0.4, -0.2) is 138 Å². The summed E-state index contributed by atoms with van der Waals surface area (Å²) in [7, 11) is 11.2. The SMILES string of the molecule is CC.CC(C)C(C)N(C)C.CCC.CCC(C)C(C(CC=O)OC)N(C)C(=O)CNC=O.COC(C(C)C(=O)NC(CN)Cc1ccccc1)C1CCCN1C. The lowest BCUT2D eigenvalue weighted by molar-refractivity contribution is -0.137. The summed E-state index contributed by atoms with van der Waals surface area (Å²) in [5.74, 6) is 0.573. The summed E-state index contributed by atoms with van der Waals surface area (Å²) in [6.45, 7) is 22.4. The third-order valence-electron chi connectivity index (χ3n) is 10.3. The first-order chi connectivity index (χ1) is 26.6. The minimum Gasteiger partial charge on any atom is -0.379 e. The van der Waals surface area contributed by atoms with E-state index in [1.54, 1.807) is 19.1 Å². The van der Waals surface area contributed by atoms with Crippen molar-refractivity contribution in [2.45, 2.75) is 144 Å². The third kappa shape index (κ3) is 23.4. The number of nitrogens with two attached hydrogens (primary N) is 1. The third-order valence-corrected chi connectivity index (χ3v) is 10.3. The predicted octanol–water partition coefficient (Wildman–Crippen LogP) is 5.66. The Labute approximate surface area is 343 Å². The molecule has 0 spiro atoms. The van der Waals surface area contributed by atoms with Crippen LogP contribution in [0.25, 0.3) is 0 Å². The Morgan fingerprint density at radius 3 is 1.93 bits per heavy atom. The molecule has 0 bridgehead atoms. The zero-order valence-electron chi connectivity index (χ0n) is 38.5. The van der Waals surface area contributed by atoms with Gasteiger partial charge < -0.3 is 45.3 Å². The zero-order chi connectivity index (χ0) is 43.8. The number of nitrogens with zero attached hydrogens (tertiary/aromatic N) is 3. The van der Waals surface area contributed by atoms with Gasteiger partial charge in [-0.1, -0.05) is 105 Å². The number of nitrogens with one attached hydrogen (secondary N) is 2. The first kappa shape index (κ1) is 57.4. The lowest BCUT2D eigenvalue weighted by Gasteiger charge is -2.37. The van der Waals surface area contributed by atoms with E-state index in [9.17, 15) is 19.2 Å². The van der Waals surface area contributed by atoms with E-state index in [1.807, 2.05) is 52.8 Å².